The molecule has 0 spiro atoms. The Kier molecular flexibility index (Phi) is 8.16. The lowest BCUT2D eigenvalue weighted by Gasteiger charge is -2.44. The number of nitrogens with two attached hydrogens (primary N) is 1. The zero-order valence-corrected chi connectivity index (χ0v) is 20.4. The average Bonchev–Trinajstić information content (AvgIpc) is 2.91. The number of amides is 3. The second-order valence-electron chi connectivity index (χ2n) is 9.62. The molecule has 2 aliphatic rings. The maximum atomic E-state index is 13.3. The first kappa shape index (κ1) is 26.7. The van der Waals surface area contributed by atoms with Gasteiger partial charge in [-0.15, -0.1) is 0 Å². The largest absolute Gasteiger partial charge is 0.416 e. The molecule has 1 heterocycles. The molecule has 1 aliphatic heterocycles. The third-order valence-corrected chi connectivity index (χ3v) is 7.30. The summed E-state index contributed by atoms with van der Waals surface area (Å²) in [6, 6.07) is 12.2. The van der Waals surface area contributed by atoms with Crippen LogP contribution in [0.2, 0.25) is 0 Å². The zero-order chi connectivity index (χ0) is 26.6. The topological polar surface area (TPSA) is 95.7 Å². The van der Waals surface area contributed by atoms with Gasteiger partial charge in [0, 0.05) is 37.8 Å². The molecule has 0 unspecified atom stereocenters. The van der Waals surface area contributed by atoms with Gasteiger partial charge in [-0.3, -0.25) is 19.3 Å². The normalized spacial score (nSPS) is 21.8. The summed E-state index contributed by atoms with van der Waals surface area (Å²) in [4.78, 5) is 42.1. The number of carbonyl (C=O) groups excluding carboxylic acids is 3. The molecule has 1 aliphatic carbocycles. The molecular weight excluding hydrogens is 485 g/mol. The van der Waals surface area contributed by atoms with Crippen molar-refractivity contribution in [1.82, 2.24) is 15.1 Å². The molecule has 2 fully saturated rings. The maximum Gasteiger partial charge on any atom is 0.416 e. The van der Waals surface area contributed by atoms with E-state index in [1.54, 1.807) is 29.2 Å². The second-order valence-corrected chi connectivity index (χ2v) is 9.62. The fourth-order valence-corrected chi connectivity index (χ4v) is 5.31. The van der Waals surface area contributed by atoms with E-state index in [0.29, 0.717) is 38.2 Å². The number of primary amides is 1. The highest BCUT2D eigenvalue weighted by Gasteiger charge is 2.38. The molecular formula is C27H31F3N4O3. The van der Waals surface area contributed by atoms with Gasteiger partial charge in [0.05, 0.1) is 11.5 Å². The molecule has 198 valence electrons. The van der Waals surface area contributed by atoms with Crippen LogP contribution in [-0.4, -0.2) is 59.7 Å². The molecule has 3 N–H and O–H groups in total. The minimum atomic E-state index is -4.45. The van der Waals surface area contributed by atoms with Gasteiger partial charge in [-0.1, -0.05) is 43.2 Å². The summed E-state index contributed by atoms with van der Waals surface area (Å²) in [5.74, 6) is -1.45. The van der Waals surface area contributed by atoms with Gasteiger partial charge in [-0.2, -0.15) is 13.2 Å². The van der Waals surface area contributed by atoms with Crippen molar-refractivity contribution in [2.75, 3.05) is 26.2 Å². The molecule has 7 nitrogen and oxygen atoms in total. The predicted molar refractivity (Wildman–Crippen MR) is 131 cm³/mol. The van der Waals surface area contributed by atoms with Crippen LogP contribution in [-0.2, 0) is 15.8 Å². The third-order valence-electron chi connectivity index (χ3n) is 7.30. The summed E-state index contributed by atoms with van der Waals surface area (Å²) in [6.07, 6.45) is -1.03. The number of carbonyl (C=O) groups is 3. The van der Waals surface area contributed by atoms with Crippen molar-refractivity contribution in [3.05, 3.63) is 71.3 Å². The van der Waals surface area contributed by atoms with Crippen molar-refractivity contribution in [3.63, 3.8) is 0 Å². The van der Waals surface area contributed by atoms with E-state index in [0.717, 1.165) is 31.4 Å². The smallest absolute Gasteiger partial charge is 0.368 e. The molecule has 1 saturated heterocycles. The number of nitrogens with zero attached hydrogens (tertiary/aromatic N) is 2. The molecule has 3 amide bonds. The number of alkyl halides is 3. The first-order valence-electron chi connectivity index (χ1n) is 12.5. The van der Waals surface area contributed by atoms with Crippen LogP contribution in [0.15, 0.2) is 54.6 Å². The standard InChI is InChI=1S/C27H31F3N4O3/c28-27(29,30)20-12-10-19(11-13-20)26(37)34-16-14-33(15-17-34)22-9-5-4-8-21(22)25(36)32-23(24(31)35)18-6-2-1-3-7-18/h1-3,6-7,10-13,21-23H,4-5,8-9,14-17H2,(H2,31,35)(H,32,36)/t21-,22-,23+/m1/s1. The minimum absolute atomic E-state index is 0.0265. The van der Waals surface area contributed by atoms with E-state index >= 15 is 0 Å². The fourth-order valence-electron chi connectivity index (χ4n) is 5.31. The van der Waals surface area contributed by atoms with Crippen LogP contribution in [0.4, 0.5) is 13.2 Å². The maximum absolute atomic E-state index is 13.3. The summed E-state index contributed by atoms with van der Waals surface area (Å²) in [6.45, 7) is 1.94. The van der Waals surface area contributed by atoms with Gasteiger partial charge in [-0.05, 0) is 42.7 Å². The van der Waals surface area contributed by atoms with E-state index in [1.807, 2.05) is 6.07 Å². The predicted octanol–water partition coefficient (Wildman–Crippen LogP) is 3.36. The molecule has 2 aromatic rings. The molecule has 37 heavy (non-hydrogen) atoms. The summed E-state index contributed by atoms with van der Waals surface area (Å²) in [5, 5.41) is 2.85. The quantitative estimate of drug-likeness (QED) is 0.616. The van der Waals surface area contributed by atoms with Gasteiger partial charge < -0.3 is 16.0 Å². The van der Waals surface area contributed by atoms with E-state index < -0.39 is 23.7 Å². The van der Waals surface area contributed by atoms with Crippen LogP contribution in [0.1, 0.15) is 53.2 Å². The summed E-state index contributed by atoms with van der Waals surface area (Å²) < 4.78 is 38.5. The van der Waals surface area contributed by atoms with Gasteiger partial charge >= 0.3 is 6.18 Å². The van der Waals surface area contributed by atoms with Crippen molar-refractivity contribution >= 4 is 17.7 Å². The van der Waals surface area contributed by atoms with Gasteiger partial charge in [0.25, 0.3) is 5.91 Å². The zero-order valence-electron chi connectivity index (χ0n) is 20.4. The summed E-state index contributed by atoms with van der Waals surface area (Å²) in [5.41, 5.74) is 5.65. The van der Waals surface area contributed by atoms with E-state index in [9.17, 15) is 27.6 Å². The number of nitrogens with one attached hydrogen (secondary N) is 1. The highest BCUT2D eigenvalue weighted by atomic mass is 19.4. The summed E-state index contributed by atoms with van der Waals surface area (Å²) in [7, 11) is 0. The van der Waals surface area contributed by atoms with Gasteiger partial charge in [0.1, 0.15) is 6.04 Å². The molecule has 10 heteroatoms. The van der Waals surface area contributed by atoms with Crippen molar-refractivity contribution in [3.8, 4) is 0 Å². The average molecular weight is 517 g/mol. The Morgan fingerprint density at radius 3 is 2.11 bits per heavy atom. The molecule has 0 aromatic heterocycles. The van der Waals surface area contributed by atoms with Crippen LogP contribution in [0, 0.1) is 5.92 Å². The number of rotatable bonds is 6. The number of hydrogen-bond donors (Lipinski definition) is 2. The minimum Gasteiger partial charge on any atom is -0.368 e. The Morgan fingerprint density at radius 1 is 0.892 bits per heavy atom. The number of halogens is 3. The van der Waals surface area contributed by atoms with Crippen LogP contribution < -0.4 is 11.1 Å². The fraction of sp³-hybridized carbons (Fsp3) is 0.444. The Bertz CT molecular complexity index is 1100. The van der Waals surface area contributed by atoms with E-state index in [2.05, 4.69) is 10.2 Å². The lowest BCUT2D eigenvalue weighted by atomic mass is 9.82. The van der Waals surface area contributed by atoms with Crippen molar-refractivity contribution in [1.29, 1.82) is 0 Å². The third kappa shape index (κ3) is 6.30. The number of benzene rings is 2. The number of piperazine rings is 1. The second kappa shape index (κ2) is 11.3. The monoisotopic (exact) mass is 516 g/mol. The molecule has 0 radical (unpaired) electrons. The van der Waals surface area contributed by atoms with Gasteiger partial charge in [0.15, 0.2) is 0 Å². The van der Waals surface area contributed by atoms with Crippen LogP contribution in [0.5, 0.6) is 0 Å². The molecule has 1 saturated carbocycles. The molecule has 4 rings (SSSR count). The Hall–Kier alpha value is -3.40. The lowest BCUT2D eigenvalue weighted by Crippen LogP contribution is -2.56. The summed E-state index contributed by atoms with van der Waals surface area (Å²) >= 11 is 0. The Labute approximate surface area is 213 Å². The van der Waals surface area contributed by atoms with Crippen molar-refractivity contribution < 1.29 is 27.6 Å². The van der Waals surface area contributed by atoms with Crippen LogP contribution in [0.25, 0.3) is 0 Å². The van der Waals surface area contributed by atoms with Crippen molar-refractivity contribution in [2.24, 2.45) is 11.7 Å². The van der Waals surface area contributed by atoms with Gasteiger partial charge in [-0.25, -0.2) is 0 Å². The first-order valence-corrected chi connectivity index (χ1v) is 12.5. The molecule has 3 atom stereocenters. The molecule has 0 bridgehead atoms. The highest BCUT2D eigenvalue weighted by Crippen LogP contribution is 2.31. The van der Waals surface area contributed by atoms with E-state index in [1.165, 1.54) is 12.1 Å². The Morgan fingerprint density at radius 2 is 1.51 bits per heavy atom. The van der Waals surface area contributed by atoms with E-state index in [4.69, 9.17) is 5.73 Å². The molecule has 2 aromatic carbocycles. The van der Waals surface area contributed by atoms with Gasteiger partial charge in [0.2, 0.25) is 11.8 Å². The number of hydrogen-bond acceptors (Lipinski definition) is 4. The Balaban J connectivity index is 1.38. The highest BCUT2D eigenvalue weighted by molar-refractivity contribution is 5.94. The lowest BCUT2D eigenvalue weighted by molar-refractivity contribution is -0.137. The van der Waals surface area contributed by atoms with Crippen LogP contribution >= 0.6 is 0 Å². The van der Waals surface area contributed by atoms with Crippen LogP contribution in [0.3, 0.4) is 0 Å². The van der Waals surface area contributed by atoms with Crippen molar-refractivity contribution in [2.45, 2.75) is 43.9 Å². The van der Waals surface area contributed by atoms with E-state index in [-0.39, 0.29) is 29.3 Å². The first-order chi connectivity index (χ1) is 17.6. The SMILES string of the molecule is NC(=O)[C@@H](NC(=O)[C@@H]1CCCC[C@H]1N1CCN(C(=O)c2ccc(C(F)(F)F)cc2)CC1)c1ccccc1.